The molecule has 0 aromatic heterocycles. The van der Waals surface area contributed by atoms with Crippen molar-refractivity contribution in [1.82, 2.24) is 4.90 Å². The molecule has 0 aromatic rings. The van der Waals surface area contributed by atoms with Crippen LogP contribution in [0.2, 0.25) is 0 Å². The van der Waals surface area contributed by atoms with Gasteiger partial charge in [-0.1, -0.05) is 33.3 Å². The van der Waals surface area contributed by atoms with Crippen molar-refractivity contribution in [3.05, 3.63) is 12.7 Å². The van der Waals surface area contributed by atoms with Crippen LogP contribution in [-0.2, 0) is 0 Å². The summed E-state index contributed by atoms with van der Waals surface area (Å²) in [6.45, 7) is 13.0. The average molecular weight is 197 g/mol. The molecule has 14 heavy (non-hydrogen) atoms. The first-order chi connectivity index (χ1) is 6.79. The lowest BCUT2D eigenvalue weighted by atomic mass is 10.0. The molecule has 84 valence electrons. The highest BCUT2D eigenvalue weighted by Crippen LogP contribution is 2.13. The summed E-state index contributed by atoms with van der Waals surface area (Å²) in [5, 5.41) is 0. The Hall–Kier alpha value is -0.300. The first kappa shape index (κ1) is 13.7. The Morgan fingerprint density at radius 2 is 1.79 bits per heavy atom. The van der Waals surface area contributed by atoms with E-state index < -0.39 is 0 Å². The molecule has 0 N–H and O–H groups in total. The van der Waals surface area contributed by atoms with E-state index in [2.05, 4.69) is 32.3 Å². The molecule has 0 heterocycles. The standard InChI is InChI=1S/C13H27N/c1-5-9-10-11-12-13(6-2)14(7-3)8-4/h5,13H,1,6-12H2,2-4H3. The molecule has 1 atom stereocenters. The quantitative estimate of drug-likeness (QED) is 0.401. The number of unbranched alkanes of at least 4 members (excludes halogenated alkanes) is 2. The highest BCUT2D eigenvalue weighted by molar-refractivity contribution is 4.70. The minimum Gasteiger partial charge on any atom is -0.301 e. The van der Waals surface area contributed by atoms with Gasteiger partial charge < -0.3 is 4.90 Å². The average Bonchev–Trinajstić information content (AvgIpc) is 2.23. The molecule has 0 aliphatic heterocycles. The Morgan fingerprint density at radius 3 is 2.21 bits per heavy atom. The van der Waals surface area contributed by atoms with Gasteiger partial charge in [-0.15, -0.1) is 6.58 Å². The maximum atomic E-state index is 3.75. The predicted octanol–water partition coefficient (Wildman–Crippen LogP) is 3.85. The number of allylic oxidation sites excluding steroid dienone is 1. The van der Waals surface area contributed by atoms with E-state index in [4.69, 9.17) is 0 Å². The zero-order chi connectivity index (χ0) is 10.8. The van der Waals surface area contributed by atoms with Crippen LogP contribution in [0.4, 0.5) is 0 Å². The normalized spacial score (nSPS) is 13.1. The highest BCUT2D eigenvalue weighted by Gasteiger charge is 2.12. The van der Waals surface area contributed by atoms with E-state index in [9.17, 15) is 0 Å². The molecule has 0 fully saturated rings. The molecule has 0 aromatic carbocycles. The summed E-state index contributed by atoms with van der Waals surface area (Å²) in [5.41, 5.74) is 0. The van der Waals surface area contributed by atoms with Gasteiger partial charge in [-0.3, -0.25) is 0 Å². The molecular formula is C13H27N. The lowest BCUT2D eigenvalue weighted by Gasteiger charge is -2.28. The fourth-order valence-corrected chi connectivity index (χ4v) is 2.05. The van der Waals surface area contributed by atoms with Gasteiger partial charge in [0.05, 0.1) is 0 Å². The number of hydrogen-bond acceptors (Lipinski definition) is 1. The molecule has 0 aliphatic carbocycles. The maximum absolute atomic E-state index is 3.75. The van der Waals surface area contributed by atoms with Crippen molar-refractivity contribution in [2.45, 2.75) is 58.9 Å². The molecule has 1 heteroatoms. The molecular weight excluding hydrogens is 170 g/mol. The lowest BCUT2D eigenvalue weighted by molar-refractivity contribution is 0.197. The van der Waals surface area contributed by atoms with Crippen LogP contribution < -0.4 is 0 Å². The molecule has 0 aliphatic rings. The maximum Gasteiger partial charge on any atom is 0.00924 e. The van der Waals surface area contributed by atoms with Crippen LogP contribution in [0.1, 0.15) is 52.9 Å². The van der Waals surface area contributed by atoms with Crippen molar-refractivity contribution in [1.29, 1.82) is 0 Å². The monoisotopic (exact) mass is 197 g/mol. The van der Waals surface area contributed by atoms with Gasteiger partial charge in [-0.25, -0.2) is 0 Å². The zero-order valence-corrected chi connectivity index (χ0v) is 10.3. The van der Waals surface area contributed by atoms with Gasteiger partial charge in [0.2, 0.25) is 0 Å². The minimum absolute atomic E-state index is 0.801. The van der Waals surface area contributed by atoms with E-state index in [0.29, 0.717) is 0 Å². The Labute approximate surface area is 90.2 Å². The van der Waals surface area contributed by atoms with Crippen LogP contribution in [0.25, 0.3) is 0 Å². The van der Waals surface area contributed by atoms with E-state index in [1.807, 2.05) is 6.08 Å². The zero-order valence-electron chi connectivity index (χ0n) is 10.3. The topological polar surface area (TPSA) is 3.24 Å². The van der Waals surface area contributed by atoms with E-state index in [0.717, 1.165) is 6.04 Å². The van der Waals surface area contributed by atoms with Gasteiger partial charge in [-0.2, -0.15) is 0 Å². The van der Waals surface area contributed by atoms with Crippen molar-refractivity contribution in [3.8, 4) is 0 Å². The number of nitrogens with zero attached hydrogens (tertiary/aromatic N) is 1. The van der Waals surface area contributed by atoms with Gasteiger partial charge in [0, 0.05) is 6.04 Å². The smallest absolute Gasteiger partial charge is 0.00924 e. The third-order valence-electron chi connectivity index (χ3n) is 3.00. The van der Waals surface area contributed by atoms with Crippen LogP contribution in [0.15, 0.2) is 12.7 Å². The Kier molecular flexibility index (Phi) is 9.06. The van der Waals surface area contributed by atoms with Gasteiger partial charge in [-0.05, 0) is 38.8 Å². The number of hydrogen-bond donors (Lipinski definition) is 0. The molecule has 1 nitrogen and oxygen atoms in total. The fourth-order valence-electron chi connectivity index (χ4n) is 2.05. The molecule has 0 saturated carbocycles. The lowest BCUT2D eigenvalue weighted by Crippen LogP contribution is -2.34. The van der Waals surface area contributed by atoms with E-state index in [1.54, 1.807) is 0 Å². The van der Waals surface area contributed by atoms with Crippen molar-refractivity contribution in [2.24, 2.45) is 0 Å². The number of rotatable bonds is 9. The first-order valence-corrected chi connectivity index (χ1v) is 6.14. The van der Waals surface area contributed by atoms with Crippen molar-refractivity contribution >= 4 is 0 Å². The van der Waals surface area contributed by atoms with Crippen molar-refractivity contribution in [3.63, 3.8) is 0 Å². The Bertz CT molecular complexity index is 127. The van der Waals surface area contributed by atoms with Crippen LogP contribution in [0, 0.1) is 0 Å². The summed E-state index contributed by atoms with van der Waals surface area (Å²) in [5.74, 6) is 0. The van der Waals surface area contributed by atoms with E-state index in [-0.39, 0.29) is 0 Å². The SMILES string of the molecule is C=CCCCCC(CC)N(CC)CC. The third kappa shape index (κ3) is 5.43. The molecule has 0 amide bonds. The van der Waals surface area contributed by atoms with Crippen molar-refractivity contribution < 1.29 is 0 Å². The largest absolute Gasteiger partial charge is 0.301 e. The predicted molar refractivity (Wildman–Crippen MR) is 65.7 cm³/mol. The molecule has 0 saturated heterocycles. The van der Waals surface area contributed by atoms with E-state index >= 15 is 0 Å². The molecule has 1 unspecified atom stereocenters. The summed E-state index contributed by atoms with van der Waals surface area (Å²) in [4.78, 5) is 2.58. The fraction of sp³-hybridized carbons (Fsp3) is 0.846. The first-order valence-electron chi connectivity index (χ1n) is 6.14. The second kappa shape index (κ2) is 9.26. The van der Waals surface area contributed by atoms with Crippen molar-refractivity contribution in [2.75, 3.05) is 13.1 Å². The van der Waals surface area contributed by atoms with Gasteiger partial charge >= 0.3 is 0 Å². The molecule has 0 spiro atoms. The van der Waals surface area contributed by atoms with Crippen LogP contribution in [0.5, 0.6) is 0 Å². The van der Waals surface area contributed by atoms with E-state index in [1.165, 1.54) is 45.2 Å². The molecule has 0 radical (unpaired) electrons. The molecule has 0 rings (SSSR count). The second-order valence-corrected chi connectivity index (χ2v) is 3.86. The summed E-state index contributed by atoms with van der Waals surface area (Å²) in [6, 6.07) is 0.801. The Morgan fingerprint density at radius 1 is 1.14 bits per heavy atom. The van der Waals surface area contributed by atoms with Crippen LogP contribution in [0.3, 0.4) is 0 Å². The van der Waals surface area contributed by atoms with Gasteiger partial charge in [0.15, 0.2) is 0 Å². The second-order valence-electron chi connectivity index (χ2n) is 3.86. The van der Waals surface area contributed by atoms with Crippen LogP contribution >= 0.6 is 0 Å². The minimum atomic E-state index is 0.801. The third-order valence-corrected chi connectivity index (χ3v) is 3.00. The van der Waals surface area contributed by atoms with Crippen LogP contribution in [-0.4, -0.2) is 24.0 Å². The van der Waals surface area contributed by atoms with Gasteiger partial charge in [0.1, 0.15) is 0 Å². The highest BCUT2D eigenvalue weighted by atomic mass is 15.1. The summed E-state index contributed by atoms with van der Waals surface area (Å²) >= 11 is 0. The summed E-state index contributed by atoms with van der Waals surface area (Å²) in [7, 11) is 0. The Balaban J connectivity index is 3.70. The summed E-state index contributed by atoms with van der Waals surface area (Å²) < 4.78 is 0. The molecule has 0 bridgehead atoms. The van der Waals surface area contributed by atoms with Gasteiger partial charge in [0.25, 0.3) is 0 Å². The summed E-state index contributed by atoms with van der Waals surface area (Å²) in [6.07, 6.45) is 8.50.